The number of hydrogen-bond acceptors (Lipinski definition) is 2. The first-order valence-corrected chi connectivity index (χ1v) is 2.86. The van der Waals surface area contributed by atoms with Crippen molar-refractivity contribution >= 4 is 0 Å². The lowest BCUT2D eigenvalue weighted by molar-refractivity contribution is 0.382. The van der Waals surface area contributed by atoms with E-state index < -0.39 is 0 Å². The topological polar surface area (TPSA) is 32.3 Å². The highest BCUT2D eigenvalue weighted by atomic mass is 16.3. The lowest BCUT2D eigenvalue weighted by Gasteiger charge is -1.93. The third kappa shape index (κ3) is 3.53. The summed E-state index contributed by atoms with van der Waals surface area (Å²) >= 11 is 0. The van der Waals surface area contributed by atoms with Gasteiger partial charge in [-0.25, -0.2) is 0 Å². The smallest absolute Gasteiger partial charge is 0.108 e. The fourth-order valence-electron chi connectivity index (χ4n) is 0.495. The van der Waals surface area contributed by atoms with Crippen LogP contribution >= 0.6 is 0 Å². The van der Waals surface area contributed by atoms with Gasteiger partial charge in [0.25, 0.3) is 0 Å². The quantitative estimate of drug-likeness (QED) is 0.545. The molecule has 0 heterocycles. The number of hydrogen-bond donors (Lipinski definition) is 2. The second-order valence-corrected chi connectivity index (χ2v) is 1.67. The van der Waals surface area contributed by atoms with E-state index in [-0.39, 0.29) is 0 Å². The molecule has 0 saturated heterocycles. The van der Waals surface area contributed by atoms with E-state index in [9.17, 15) is 0 Å². The van der Waals surface area contributed by atoms with Crippen LogP contribution in [0.4, 0.5) is 0 Å². The Kier molecular flexibility index (Phi) is 4.13. The Labute approximate surface area is 50.2 Å². The van der Waals surface area contributed by atoms with Crippen molar-refractivity contribution in [2.45, 2.75) is 19.8 Å². The molecule has 8 heavy (non-hydrogen) atoms. The van der Waals surface area contributed by atoms with Gasteiger partial charge in [-0.3, -0.25) is 0 Å². The van der Waals surface area contributed by atoms with E-state index in [1.807, 2.05) is 6.92 Å². The van der Waals surface area contributed by atoms with Gasteiger partial charge in [0.2, 0.25) is 0 Å². The lowest BCUT2D eigenvalue weighted by atomic mass is 10.3. The molecule has 0 aliphatic heterocycles. The zero-order valence-corrected chi connectivity index (χ0v) is 5.44. The molecular formula is C6H13NO. The molecule has 0 spiro atoms. The Hall–Kier alpha value is -0.660. The molecule has 0 bridgehead atoms. The van der Waals surface area contributed by atoms with Crippen LogP contribution in [0, 0.1) is 0 Å². The van der Waals surface area contributed by atoms with Crippen LogP contribution in [0.5, 0.6) is 0 Å². The molecule has 0 aliphatic carbocycles. The maximum atomic E-state index is 8.85. The second-order valence-electron chi connectivity index (χ2n) is 1.67. The molecule has 2 nitrogen and oxygen atoms in total. The zero-order valence-electron chi connectivity index (χ0n) is 5.44. The van der Waals surface area contributed by atoms with E-state index in [4.69, 9.17) is 5.11 Å². The van der Waals surface area contributed by atoms with Gasteiger partial charge in [0, 0.05) is 19.7 Å². The molecule has 0 aliphatic rings. The van der Waals surface area contributed by atoms with E-state index in [0.717, 1.165) is 12.8 Å². The summed E-state index contributed by atoms with van der Waals surface area (Å²) in [5.74, 6) is 0.426. The Bertz CT molecular complexity index is 78.6. The standard InChI is InChI=1S/C6H13NO/c1-3-4-6(8)5-7-2/h5,7-8H,3-4H2,1-2H3. The highest BCUT2D eigenvalue weighted by molar-refractivity contribution is 4.86. The molecule has 0 atom stereocenters. The molecule has 0 rings (SSSR count). The third-order valence-electron chi connectivity index (χ3n) is 0.817. The Morgan fingerprint density at radius 2 is 2.38 bits per heavy atom. The predicted octanol–water partition coefficient (Wildman–Crippen LogP) is 1.41. The van der Waals surface area contributed by atoms with Crippen LogP contribution in [-0.4, -0.2) is 12.2 Å². The van der Waals surface area contributed by atoms with Crippen LogP contribution in [0.15, 0.2) is 12.0 Å². The normalized spacial score (nSPS) is 11.5. The van der Waals surface area contributed by atoms with Crippen LogP contribution in [-0.2, 0) is 0 Å². The summed E-state index contributed by atoms with van der Waals surface area (Å²) in [5, 5.41) is 11.6. The van der Waals surface area contributed by atoms with Crippen LogP contribution < -0.4 is 5.32 Å². The van der Waals surface area contributed by atoms with Gasteiger partial charge in [0.15, 0.2) is 0 Å². The number of aliphatic hydroxyl groups is 1. The minimum Gasteiger partial charge on any atom is -0.511 e. The minimum atomic E-state index is 0.426. The highest BCUT2D eigenvalue weighted by Crippen LogP contribution is 1.96. The third-order valence-corrected chi connectivity index (χ3v) is 0.817. The lowest BCUT2D eigenvalue weighted by Crippen LogP contribution is -1.95. The molecular weight excluding hydrogens is 102 g/mol. The number of nitrogens with one attached hydrogen (secondary N) is 1. The summed E-state index contributed by atoms with van der Waals surface area (Å²) in [7, 11) is 1.77. The Morgan fingerprint density at radius 1 is 1.75 bits per heavy atom. The van der Waals surface area contributed by atoms with Crippen molar-refractivity contribution in [3.05, 3.63) is 12.0 Å². The fraction of sp³-hybridized carbons (Fsp3) is 0.667. The van der Waals surface area contributed by atoms with Crippen LogP contribution in [0.1, 0.15) is 19.8 Å². The van der Waals surface area contributed by atoms with E-state index in [1.54, 1.807) is 13.2 Å². The molecule has 2 N–H and O–H groups in total. The molecule has 0 radical (unpaired) electrons. The van der Waals surface area contributed by atoms with Gasteiger partial charge in [0.1, 0.15) is 5.76 Å². The molecule has 0 unspecified atom stereocenters. The Balaban J connectivity index is 3.29. The van der Waals surface area contributed by atoms with Crippen LogP contribution in [0.3, 0.4) is 0 Å². The second kappa shape index (κ2) is 4.50. The van der Waals surface area contributed by atoms with Gasteiger partial charge in [-0.05, 0) is 6.42 Å². The van der Waals surface area contributed by atoms with Gasteiger partial charge in [0.05, 0.1) is 0 Å². The van der Waals surface area contributed by atoms with Crippen molar-refractivity contribution in [2.75, 3.05) is 7.05 Å². The molecule has 0 amide bonds. The van der Waals surface area contributed by atoms with Crippen LogP contribution in [0.2, 0.25) is 0 Å². The van der Waals surface area contributed by atoms with Crippen molar-refractivity contribution in [3.63, 3.8) is 0 Å². The highest BCUT2D eigenvalue weighted by Gasteiger charge is 1.85. The van der Waals surface area contributed by atoms with Gasteiger partial charge in [-0.1, -0.05) is 6.92 Å². The molecule has 0 aromatic heterocycles. The summed E-state index contributed by atoms with van der Waals surface area (Å²) in [6, 6.07) is 0. The maximum Gasteiger partial charge on any atom is 0.108 e. The monoisotopic (exact) mass is 115 g/mol. The average Bonchev–Trinajstić information content (AvgIpc) is 1.68. The van der Waals surface area contributed by atoms with E-state index in [1.165, 1.54) is 0 Å². The summed E-state index contributed by atoms with van der Waals surface area (Å²) in [5.41, 5.74) is 0. The number of rotatable bonds is 3. The van der Waals surface area contributed by atoms with E-state index >= 15 is 0 Å². The van der Waals surface area contributed by atoms with Gasteiger partial charge in [-0.2, -0.15) is 0 Å². The maximum absolute atomic E-state index is 8.85. The summed E-state index contributed by atoms with van der Waals surface area (Å²) < 4.78 is 0. The Morgan fingerprint density at radius 3 is 2.75 bits per heavy atom. The van der Waals surface area contributed by atoms with E-state index in [0.29, 0.717) is 5.76 Å². The molecule has 0 aromatic rings. The van der Waals surface area contributed by atoms with Crippen molar-refractivity contribution < 1.29 is 5.11 Å². The first-order valence-electron chi connectivity index (χ1n) is 2.86. The van der Waals surface area contributed by atoms with Gasteiger partial charge in [-0.15, -0.1) is 0 Å². The number of allylic oxidation sites excluding steroid dienone is 1. The molecule has 0 fully saturated rings. The molecule has 2 heteroatoms. The predicted molar refractivity (Wildman–Crippen MR) is 34.7 cm³/mol. The number of aliphatic hydroxyl groups excluding tert-OH is 1. The van der Waals surface area contributed by atoms with Crippen LogP contribution in [0.25, 0.3) is 0 Å². The fourth-order valence-corrected chi connectivity index (χ4v) is 0.495. The van der Waals surface area contributed by atoms with Crippen molar-refractivity contribution in [2.24, 2.45) is 0 Å². The minimum absolute atomic E-state index is 0.426. The summed E-state index contributed by atoms with van der Waals surface area (Å²) in [6.45, 7) is 2.03. The summed E-state index contributed by atoms with van der Waals surface area (Å²) in [6.07, 6.45) is 3.36. The molecule has 0 saturated carbocycles. The molecule has 48 valence electrons. The van der Waals surface area contributed by atoms with Crippen molar-refractivity contribution in [3.8, 4) is 0 Å². The van der Waals surface area contributed by atoms with Crippen molar-refractivity contribution in [1.29, 1.82) is 0 Å². The van der Waals surface area contributed by atoms with Gasteiger partial charge >= 0.3 is 0 Å². The van der Waals surface area contributed by atoms with Crippen molar-refractivity contribution in [1.82, 2.24) is 5.32 Å². The van der Waals surface area contributed by atoms with Gasteiger partial charge < -0.3 is 10.4 Å². The van der Waals surface area contributed by atoms with E-state index in [2.05, 4.69) is 5.32 Å². The summed E-state index contributed by atoms with van der Waals surface area (Å²) in [4.78, 5) is 0. The first kappa shape index (κ1) is 7.34. The average molecular weight is 115 g/mol. The largest absolute Gasteiger partial charge is 0.511 e. The SMILES string of the molecule is CCCC(O)=CNC. The zero-order chi connectivity index (χ0) is 6.41. The first-order chi connectivity index (χ1) is 3.81. The molecule has 0 aromatic carbocycles.